The maximum atomic E-state index is 12.5. The third-order valence-electron chi connectivity index (χ3n) is 3.49. The quantitative estimate of drug-likeness (QED) is 0.559. The average molecular weight is 344 g/mol. The van der Waals surface area contributed by atoms with Crippen LogP contribution in [0.15, 0.2) is 78.9 Å². The zero-order valence-electron chi connectivity index (χ0n) is 13.2. The Morgan fingerprint density at radius 3 is 1.72 bits per heavy atom. The SMILES string of the molecule is FC(F)(F)c1ccc(Oc2ccc(OCc3ccccc3)cc2)cc1. The average Bonchev–Trinajstić information content (AvgIpc) is 2.62. The van der Waals surface area contributed by atoms with Crippen LogP contribution in [0.5, 0.6) is 17.2 Å². The summed E-state index contributed by atoms with van der Waals surface area (Å²) < 4.78 is 48.8. The number of hydrogen-bond donors (Lipinski definition) is 0. The summed E-state index contributed by atoms with van der Waals surface area (Å²) in [6, 6.07) is 21.3. The van der Waals surface area contributed by atoms with E-state index in [1.807, 2.05) is 30.3 Å². The van der Waals surface area contributed by atoms with E-state index in [0.29, 0.717) is 23.9 Å². The summed E-state index contributed by atoms with van der Waals surface area (Å²) in [5.74, 6) is 1.54. The van der Waals surface area contributed by atoms with Gasteiger partial charge in [-0.1, -0.05) is 30.3 Å². The Bertz CT molecular complexity index is 795. The predicted octanol–water partition coefficient (Wildman–Crippen LogP) is 6.08. The Balaban J connectivity index is 1.59. The monoisotopic (exact) mass is 344 g/mol. The first kappa shape index (κ1) is 16.9. The van der Waals surface area contributed by atoms with Gasteiger partial charge in [-0.15, -0.1) is 0 Å². The molecule has 0 aliphatic rings. The highest BCUT2D eigenvalue weighted by Gasteiger charge is 2.30. The molecule has 0 spiro atoms. The van der Waals surface area contributed by atoms with Crippen molar-refractivity contribution in [2.24, 2.45) is 0 Å². The fourth-order valence-electron chi connectivity index (χ4n) is 2.19. The van der Waals surface area contributed by atoms with Gasteiger partial charge < -0.3 is 9.47 Å². The molecule has 0 saturated carbocycles. The van der Waals surface area contributed by atoms with Gasteiger partial charge in [0, 0.05) is 0 Å². The summed E-state index contributed by atoms with van der Waals surface area (Å²) in [5, 5.41) is 0. The van der Waals surface area contributed by atoms with Gasteiger partial charge in [-0.3, -0.25) is 0 Å². The molecule has 0 atom stereocenters. The molecule has 0 bridgehead atoms. The summed E-state index contributed by atoms with van der Waals surface area (Å²) >= 11 is 0. The summed E-state index contributed by atoms with van der Waals surface area (Å²) in [4.78, 5) is 0. The fourth-order valence-corrected chi connectivity index (χ4v) is 2.19. The second-order valence-electron chi connectivity index (χ2n) is 5.37. The molecular formula is C20H15F3O2. The summed E-state index contributed by atoms with van der Waals surface area (Å²) in [5.41, 5.74) is 0.358. The van der Waals surface area contributed by atoms with Crippen LogP contribution in [0.3, 0.4) is 0 Å². The molecule has 5 heteroatoms. The van der Waals surface area contributed by atoms with Gasteiger partial charge >= 0.3 is 6.18 Å². The van der Waals surface area contributed by atoms with E-state index >= 15 is 0 Å². The van der Waals surface area contributed by atoms with E-state index in [2.05, 4.69) is 0 Å². The van der Waals surface area contributed by atoms with Crippen LogP contribution in [-0.4, -0.2) is 0 Å². The molecule has 0 saturated heterocycles. The van der Waals surface area contributed by atoms with Crippen molar-refractivity contribution in [3.05, 3.63) is 90.0 Å². The molecule has 3 aromatic rings. The van der Waals surface area contributed by atoms with Crippen molar-refractivity contribution in [1.29, 1.82) is 0 Å². The summed E-state index contributed by atoms with van der Waals surface area (Å²) in [6.45, 7) is 0.458. The van der Waals surface area contributed by atoms with Crippen LogP contribution in [0.25, 0.3) is 0 Å². The smallest absolute Gasteiger partial charge is 0.416 e. The minimum absolute atomic E-state index is 0.339. The Morgan fingerprint density at radius 1 is 0.640 bits per heavy atom. The lowest BCUT2D eigenvalue weighted by Crippen LogP contribution is -2.03. The molecule has 0 radical (unpaired) electrons. The first-order chi connectivity index (χ1) is 12.0. The van der Waals surface area contributed by atoms with Gasteiger partial charge in [0.1, 0.15) is 23.9 Å². The molecule has 25 heavy (non-hydrogen) atoms. The van der Waals surface area contributed by atoms with E-state index in [1.165, 1.54) is 12.1 Å². The highest BCUT2D eigenvalue weighted by Crippen LogP contribution is 2.31. The zero-order chi connectivity index (χ0) is 17.7. The molecule has 0 unspecified atom stereocenters. The molecule has 3 rings (SSSR count). The molecule has 0 amide bonds. The predicted molar refractivity (Wildman–Crippen MR) is 88.7 cm³/mol. The summed E-state index contributed by atoms with van der Waals surface area (Å²) in [7, 11) is 0. The van der Waals surface area contributed by atoms with Crippen molar-refractivity contribution < 1.29 is 22.6 Å². The Labute approximate surface area is 143 Å². The van der Waals surface area contributed by atoms with Crippen LogP contribution in [0, 0.1) is 0 Å². The normalized spacial score (nSPS) is 11.2. The number of alkyl halides is 3. The standard InChI is InChI=1S/C20H15F3O2/c21-20(22,23)16-6-8-18(9-7-16)25-19-12-10-17(11-13-19)24-14-15-4-2-1-3-5-15/h1-13H,14H2. The van der Waals surface area contributed by atoms with Gasteiger partial charge in [-0.05, 0) is 54.1 Å². The first-order valence-corrected chi connectivity index (χ1v) is 7.62. The number of benzene rings is 3. The van der Waals surface area contributed by atoms with Gasteiger partial charge in [-0.25, -0.2) is 0 Å². The van der Waals surface area contributed by atoms with E-state index in [0.717, 1.165) is 17.7 Å². The molecule has 0 aromatic heterocycles. The molecule has 2 nitrogen and oxygen atoms in total. The van der Waals surface area contributed by atoms with Crippen LogP contribution in [0.2, 0.25) is 0 Å². The molecule has 0 fully saturated rings. The largest absolute Gasteiger partial charge is 0.489 e. The Kier molecular flexibility index (Phi) is 4.93. The van der Waals surface area contributed by atoms with Gasteiger partial charge in [0.2, 0.25) is 0 Å². The molecule has 3 aromatic carbocycles. The van der Waals surface area contributed by atoms with Crippen LogP contribution >= 0.6 is 0 Å². The maximum absolute atomic E-state index is 12.5. The highest BCUT2D eigenvalue weighted by molar-refractivity contribution is 5.36. The number of hydrogen-bond acceptors (Lipinski definition) is 2. The van der Waals surface area contributed by atoms with Crippen LogP contribution in [0.4, 0.5) is 13.2 Å². The minimum Gasteiger partial charge on any atom is -0.489 e. The molecule has 0 N–H and O–H groups in total. The Morgan fingerprint density at radius 2 is 1.16 bits per heavy atom. The van der Waals surface area contributed by atoms with Crippen molar-refractivity contribution in [1.82, 2.24) is 0 Å². The zero-order valence-corrected chi connectivity index (χ0v) is 13.2. The van der Waals surface area contributed by atoms with Crippen LogP contribution in [-0.2, 0) is 12.8 Å². The van der Waals surface area contributed by atoms with E-state index in [-0.39, 0.29) is 0 Å². The van der Waals surface area contributed by atoms with Crippen LogP contribution in [0.1, 0.15) is 11.1 Å². The van der Waals surface area contributed by atoms with Gasteiger partial charge in [0.05, 0.1) is 5.56 Å². The van der Waals surface area contributed by atoms with Crippen molar-refractivity contribution in [3.63, 3.8) is 0 Å². The molecular weight excluding hydrogens is 329 g/mol. The lowest BCUT2D eigenvalue weighted by Gasteiger charge is -2.10. The maximum Gasteiger partial charge on any atom is 0.416 e. The fraction of sp³-hybridized carbons (Fsp3) is 0.100. The Hall–Kier alpha value is -2.95. The summed E-state index contributed by atoms with van der Waals surface area (Å²) in [6.07, 6.45) is -4.35. The third-order valence-corrected chi connectivity index (χ3v) is 3.49. The third kappa shape index (κ3) is 4.76. The first-order valence-electron chi connectivity index (χ1n) is 7.62. The lowest BCUT2D eigenvalue weighted by molar-refractivity contribution is -0.137. The molecule has 128 valence electrons. The number of halogens is 3. The van der Waals surface area contributed by atoms with E-state index < -0.39 is 11.7 Å². The second-order valence-corrected chi connectivity index (χ2v) is 5.37. The van der Waals surface area contributed by atoms with Crippen molar-refractivity contribution in [2.45, 2.75) is 12.8 Å². The van der Waals surface area contributed by atoms with Crippen LogP contribution < -0.4 is 9.47 Å². The highest BCUT2D eigenvalue weighted by atomic mass is 19.4. The van der Waals surface area contributed by atoms with Crippen molar-refractivity contribution in [2.75, 3.05) is 0 Å². The number of rotatable bonds is 5. The number of ether oxygens (including phenoxy) is 2. The van der Waals surface area contributed by atoms with Gasteiger partial charge in [0.25, 0.3) is 0 Å². The molecule has 0 aliphatic heterocycles. The van der Waals surface area contributed by atoms with Crippen molar-refractivity contribution >= 4 is 0 Å². The van der Waals surface area contributed by atoms with Gasteiger partial charge in [-0.2, -0.15) is 13.2 Å². The topological polar surface area (TPSA) is 18.5 Å². The molecule has 0 heterocycles. The minimum atomic E-state index is -4.35. The second kappa shape index (κ2) is 7.30. The molecule has 0 aliphatic carbocycles. The van der Waals surface area contributed by atoms with E-state index in [1.54, 1.807) is 24.3 Å². The lowest BCUT2D eigenvalue weighted by atomic mass is 10.2. The van der Waals surface area contributed by atoms with E-state index in [9.17, 15) is 13.2 Å². The van der Waals surface area contributed by atoms with Crippen molar-refractivity contribution in [3.8, 4) is 17.2 Å². The van der Waals surface area contributed by atoms with E-state index in [4.69, 9.17) is 9.47 Å². The van der Waals surface area contributed by atoms with Gasteiger partial charge in [0.15, 0.2) is 0 Å².